The van der Waals surface area contributed by atoms with Gasteiger partial charge < -0.3 is 5.73 Å². The molecule has 0 aromatic heterocycles. The highest BCUT2D eigenvalue weighted by molar-refractivity contribution is 4.97. The van der Waals surface area contributed by atoms with Crippen molar-refractivity contribution in [3.8, 4) is 0 Å². The van der Waals surface area contributed by atoms with Gasteiger partial charge in [-0.15, -0.1) is 0 Å². The van der Waals surface area contributed by atoms with E-state index < -0.39 is 24.2 Å². The van der Waals surface area contributed by atoms with Crippen molar-refractivity contribution in [3.63, 3.8) is 0 Å². The van der Waals surface area contributed by atoms with Crippen LogP contribution in [0.5, 0.6) is 0 Å². The van der Waals surface area contributed by atoms with Crippen LogP contribution in [0.2, 0.25) is 0 Å². The Morgan fingerprint density at radius 3 is 2.08 bits per heavy atom. The molecule has 0 amide bonds. The van der Waals surface area contributed by atoms with Crippen LogP contribution >= 0.6 is 0 Å². The van der Waals surface area contributed by atoms with E-state index >= 15 is 0 Å². The molecule has 5 heteroatoms. The van der Waals surface area contributed by atoms with E-state index in [1.54, 1.807) is 0 Å². The molecule has 0 aromatic carbocycles. The first-order valence-corrected chi connectivity index (χ1v) is 3.78. The van der Waals surface area contributed by atoms with E-state index in [2.05, 4.69) is 0 Å². The van der Waals surface area contributed by atoms with Gasteiger partial charge in [-0.1, -0.05) is 0 Å². The summed E-state index contributed by atoms with van der Waals surface area (Å²) in [6, 6.07) is 0. The van der Waals surface area contributed by atoms with Crippen molar-refractivity contribution in [1.82, 2.24) is 0 Å². The smallest absolute Gasteiger partial charge is 0.308 e. The molecule has 0 atom stereocenters. The van der Waals surface area contributed by atoms with E-state index in [9.17, 15) is 17.6 Å². The second-order valence-electron chi connectivity index (χ2n) is 3.44. The molecule has 2 N–H and O–H groups in total. The minimum Gasteiger partial charge on any atom is -0.330 e. The van der Waals surface area contributed by atoms with E-state index in [1.807, 2.05) is 0 Å². The molecule has 0 aromatic rings. The largest absolute Gasteiger partial charge is 0.330 e. The molecular weight excluding hydrogens is 174 g/mol. The summed E-state index contributed by atoms with van der Waals surface area (Å²) in [5.74, 6) is -3.87. The van der Waals surface area contributed by atoms with Gasteiger partial charge in [-0.2, -0.15) is 0 Å². The summed E-state index contributed by atoms with van der Waals surface area (Å²) in [7, 11) is 0. The first-order valence-electron chi connectivity index (χ1n) is 3.78. The summed E-state index contributed by atoms with van der Waals surface area (Å²) >= 11 is 0. The Labute approximate surface area is 67.9 Å². The lowest BCUT2D eigenvalue weighted by Crippen LogP contribution is -2.32. The fraction of sp³-hybridized carbons (Fsp3) is 1.00. The molecule has 1 aliphatic rings. The highest BCUT2D eigenvalue weighted by Crippen LogP contribution is 2.52. The van der Waals surface area contributed by atoms with Crippen molar-refractivity contribution >= 4 is 0 Å². The SMILES string of the molecule is NCC1(CC(F)(F)C(F)F)CC1. The molecule has 0 aliphatic heterocycles. The Bertz CT molecular complexity index is 165. The first-order chi connectivity index (χ1) is 5.42. The molecule has 1 nitrogen and oxygen atoms in total. The third-order valence-electron chi connectivity index (χ3n) is 2.32. The molecule has 0 heterocycles. The Kier molecular flexibility index (Phi) is 2.33. The first kappa shape index (κ1) is 9.77. The molecule has 72 valence electrons. The van der Waals surface area contributed by atoms with E-state index in [-0.39, 0.29) is 6.54 Å². The lowest BCUT2D eigenvalue weighted by atomic mass is 9.98. The van der Waals surface area contributed by atoms with Gasteiger partial charge in [0.25, 0.3) is 0 Å². The zero-order chi connectivity index (χ0) is 9.41. The monoisotopic (exact) mass is 185 g/mol. The highest BCUT2D eigenvalue weighted by atomic mass is 19.3. The van der Waals surface area contributed by atoms with Gasteiger partial charge in [-0.05, 0) is 24.8 Å². The van der Waals surface area contributed by atoms with Crippen molar-refractivity contribution in [2.75, 3.05) is 6.54 Å². The van der Waals surface area contributed by atoms with Crippen molar-refractivity contribution in [1.29, 1.82) is 0 Å². The molecule has 0 spiro atoms. The fourth-order valence-corrected chi connectivity index (χ4v) is 1.21. The van der Waals surface area contributed by atoms with E-state index in [0.29, 0.717) is 12.8 Å². The molecule has 0 saturated heterocycles. The maximum atomic E-state index is 12.5. The summed E-state index contributed by atoms with van der Waals surface area (Å²) in [5.41, 5.74) is 4.50. The van der Waals surface area contributed by atoms with Crippen LogP contribution in [0.1, 0.15) is 19.3 Å². The molecule has 1 fully saturated rings. The average Bonchev–Trinajstić information content (AvgIpc) is 2.68. The van der Waals surface area contributed by atoms with E-state index in [1.165, 1.54) is 0 Å². The number of nitrogens with two attached hydrogens (primary N) is 1. The molecule has 0 bridgehead atoms. The summed E-state index contributed by atoms with van der Waals surface area (Å²) in [5, 5.41) is 0. The lowest BCUT2D eigenvalue weighted by Gasteiger charge is -2.20. The lowest BCUT2D eigenvalue weighted by molar-refractivity contribution is -0.142. The maximum Gasteiger partial charge on any atom is 0.308 e. The number of halogens is 4. The van der Waals surface area contributed by atoms with Gasteiger partial charge in [0.2, 0.25) is 0 Å². The van der Waals surface area contributed by atoms with Crippen LogP contribution in [0.15, 0.2) is 0 Å². The molecule has 0 unspecified atom stereocenters. The average molecular weight is 185 g/mol. The number of alkyl halides is 4. The van der Waals surface area contributed by atoms with Gasteiger partial charge in [0.15, 0.2) is 0 Å². The van der Waals surface area contributed by atoms with Crippen LogP contribution in [-0.2, 0) is 0 Å². The van der Waals surface area contributed by atoms with Crippen LogP contribution in [0.3, 0.4) is 0 Å². The second-order valence-corrected chi connectivity index (χ2v) is 3.44. The topological polar surface area (TPSA) is 26.0 Å². The zero-order valence-electron chi connectivity index (χ0n) is 6.49. The normalized spacial score (nSPS) is 21.5. The summed E-state index contributed by atoms with van der Waals surface area (Å²) < 4.78 is 48.4. The molecule has 1 rings (SSSR count). The maximum absolute atomic E-state index is 12.5. The molecular formula is C7H11F4N. The molecule has 1 aliphatic carbocycles. The van der Waals surface area contributed by atoms with Crippen molar-refractivity contribution in [2.24, 2.45) is 11.1 Å². The standard InChI is InChI=1S/C7H11F4N/c8-5(9)7(10,11)3-6(4-12)1-2-6/h5H,1-4,12H2. The molecule has 1 saturated carbocycles. The Balaban J connectivity index is 2.49. The number of hydrogen-bond donors (Lipinski definition) is 1. The Morgan fingerprint density at radius 2 is 1.83 bits per heavy atom. The highest BCUT2D eigenvalue weighted by Gasteiger charge is 2.53. The Hall–Kier alpha value is -0.320. The fourth-order valence-electron chi connectivity index (χ4n) is 1.21. The van der Waals surface area contributed by atoms with Crippen LogP contribution in [0, 0.1) is 5.41 Å². The van der Waals surface area contributed by atoms with Gasteiger partial charge in [0, 0.05) is 6.42 Å². The summed E-state index contributed by atoms with van der Waals surface area (Å²) in [6.45, 7) is 0.0787. The molecule has 12 heavy (non-hydrogen) atoms. The van der Waals surface area contributed by atoms with Gasteiger partial charge in [-0.3, -0.25) is 0 Å². The van der Waals surface area contributed by atoms with E-state index in [0.717, 1.165) is 0 Å². The van der Waals surface area contributed by atoms with Crippen LogP contribution in [-0.4, -0.2) is 18.9 Å². The van der Waals surface area contributed by atoms with Crippen LogP contribution in [0.4, 0.5) is 17.6 Å². The van der Waals surface area contributed by atoms with Crippen LogP contribution < -0.4 is 5.73 Å². The van der Waals surface area contributed by atoms with Gasteiger partial charge >= 0.3 is 12.3 Å². The second kappa shape index (κ2) is 2.87. The van der Waals surface area contributed by atoms with Gasteiger partial charge in [-0.25, -0.2) is 17.6 Å². The number of rotatable bonds is 4. The quantitative estimate of drug-likeness (QED) is 0.666. The van der Waals surface area contributed by atoms with Crippen molar-refractivity contribution in [3.05, 3.63) is 0 Å². The van der Waals surface area contributed by atoms with Crippen LogP contribution in [0.25, 0.3) is 0 Å². The predicted octanol–water partition coefficient (Wildman–Crippen LogP) is 2.02. The number of hydrogen-bond acceptors (Lipinski definition) is 1. The Morgan fingerprint density at radius 1 is 1.33 bits per heavy atom. The van der Waals surface area contributed by atoms with Crippen molar-refractivity contribution < 1.29 is 17.6 Å². The molecule has 0 radical (unpaired) electrons. The predicted molar refractivity (Wildman–Crippen MR) is 36.3 cm³/mol. The summed E-state index contributed by atoms with van der Waals surface area (Å²) in [6.07, 6.45) is -3.24. The third-order valence-corrected chi connectivity index (χ3v) is 2.32. The minimum absolute atomic E-state index is 0.0787. The van der Waals surface area contributed by atoms with Gasteiger partial charge in [0.05, 0.1) is 0 Å². The van der Waals surface area contributed by atoms with Gasteiger partial charge in [0.1, 0.15) is 0 Å². The zero-order valence-corrected chi connectivity index (χ0v) is 6.49. The third kappa shape index (κ3) is 1.88. The van der Waals surface area contributed by atoms with Crippen molar-refractivity contribution in [2.45, 2.75) is 31.6 Å². The summed E-state index contributed by atoms with van der Waals surface area (Å²) in [4.78, 5) is 0. The van der Waals surface area contributed by atoms with E-state index in [4.69, 9.17) is 5.73 Å². The minimum atomic E-state index is -3.87.